The molecule has 1 heterocycles. The third-order valence-electron chi connectivity index (χ3n) is 1.31. The van der Waals surface area contributed by atoms with Crippen molar-refractivity contribution in [3.05, 3.63) is 16.1 Å². The second kappa shape index (κ2) is 3.64. The number of aliphatic hydroxyl groups is 1. The average molecular weight is 186 g/mol. The Hall–Kier alpha value is -0.940. The van der Waals surface area contributed by atoms with Crippen molar-refractivity contribution in [1.29, 1.82) is 0 Å². The van der Waals surface area contributed by atoms with Crippen molar-refractivity contribution in [1.82, 2.24) is 4.98 Å². The van der Waals surface area contributed by atoms with Crippen LogP contribution >= 0.6 is 11.3 Å². The lowest BCUT2D eigenvalue weighted by Gasteiger charge is -1.95. The monoisotopic (exact) mass is 186 g/mol. The number of thiazole rings is 1. The molecular formula is C7H10N2O2S. The van der Waals surface area contributed by atoms with Crippen molar-refractivity contribution in [3.8, 4) is 0 Å². The molecule has 1 atom stereocenters. The van der Waals surface area contributed by atoms with E-state index < -0.39 is 12.0 Å². The number of carbonyl (C=O) groups is 1. The first-order chi connectivity index (χ1) is 5.59. The number of hydrogen-bond donors (Lipinski definition) is 2. The molecule has 1 amide bonds. The standard InChI is InChI=1S/C7H10N2O2S/c1-4(10)5-3-9-7(12-5)2-6(8)11/h3-4,10H,2H2,1H3,(H2,8,11). The van der Waals surface area contributed by atoms with Gasteiger partial charge in [-0.15, -0.1) is 11.3 Å². The zero-order valence-corrected chi connectivity index (χ0v) is 7.47. The summed E-state index contributed by atoms with van der Waals surface area (Å²) in [5, 5.41) is 9.78. The lowest BCUT2D eigenvalue weighted by Crippen LogP contribution is -2.13. The van der Waals surface area contributed by atoms with E-state index in [-0.39, 0.29) is 6.42 Å². The molecule has 0 aliphatic heterocycles. The van der Waals surface area contributed by atoms with E-state index in [0.717, 1.165) is 4.88 Å². The molecule has 1 rings (SSSR count). The number of carbonyl (C=O) groups excluding carboxylic acids is 1. The van der Waals surface area contributed by atoms with Crippen LogP contribution in [0.5, 0.6) is 0 Å². The van der Waals surface area contributed by atoms with Crippen molar-refractivity contribution in [2.45, 2.75) is 19.4 Å². The van der Waals surface area contributed by atoms with E-state index in [1.165, 1.54) is 11.3 Å². The molecule has 1 aromatic heterocycles. The molecule has 0 aromatic carbocycles. The van der Waals surface area contributed by atoms with E-state index in [4.69, 9.17) is 10.8 Å². The van der Waals surface area contributed by atoms with Crippen LogP contribution in [0.25, 0.3) is 0 Å². The molecule has 0 fully saturated rings. The van der Waals surface area contributed by atoms with E-state index in [0.29, 0.717) is 5.01 Å². The highest BCUT2D eigenvalue weighted by atomic mass is 32.1. The van der Waals surface area contributed by atoms with E-state index in [9.17, 15) is 4.79 Å². The van der Waals surface area contributed by atoms with Crippen LogP contribution in [-0.4, -0.2) is 16.0 Å². The van der Waals surface area contributed by atoms with E-state index >= 15 is 0 Å². The zero-order valence-electron chi connectivity index (χ0n) is 6.65. The van der Waals surface area contributed by atoms with Crippen LogP contribution in [0.4, 0.5) is 0 Å². The number of hydrogen-bond acceptors (Lipinski definition) is 4. The fourth-order valence-electron chi connectivity index (χ4n) is 0.748. The molecule has 0 saturated carbocycles. The highest BCUT2D eigenvalue weighted by Crippen LogP contribution is 2.20. The normalized spacial score (nSPS) is 12.8. The number of nitrogens with zero attached hydrogens (tertiary/aromatic N) is 1. The SMILES string of the molecule is CC(O)c1cnc(CC(N)=O)s1. The second-order valence-corrected chi connectivity index (χ2v) is 3.62. The summed E-state index contributed by atoms with van der Waals surface area (Å²) in [5.41, 5.74) is 4.98. The van der Waals surface area contributed by atoms with Gasteiger partial charge in [0.05, 0.1) is 17.4 Å². The highest BCUT2D eigenvalue weighted by Gasteiger charge is 2.07. The van der Waals surface area contributed by atoms with Crippen molar-refractivity contribution < 1.29 is 9.90 Å². The maximum atomic E-state index is 10.5. The summed E-state index contributed by atoms with van der Waals surface area (Å²) in [4.78, 5) is 15.2. The summed E-state index contributed by atoms with van der Waals surface area (Å²) in [6.07, 6.45) is 1.19. The molecule has 1 unspecified atom stereocenters. The van der Waals surface area contributed by atoms with E-state index in [1.54, 1.807) is 13.1 Å². The fraction of sp³-hybridized carbons (Fsp3) is 0.429. The topological polar surface area (TPSA) is 76.2 Å². The van der Waals surface area contributed by atoms with Crippen LogP contribution in [0, 0.1) is 0 Å². The first-order valence-corrected chi connectivity index (χ1v) is 4.32. The lowest BCUT2D eigenvalue weighted by molar-refractivity contribution is -0.117. The summed E-state index contributed by atoms with van der Waals surface area (Å²) >= 11 is 1.31. The van der Waals surface area contributed by atoms with E-state index in [2.05, 4.69) is 4.98 Å². The molecule has 3 N–H and O–H groups in total. The number of aromatic nitrogens is 1. The average Bonchev–Trinajstić information content (AvgIpc) is 2.34. The molecule has 0 saturated heterocycles. The molecule has 0 radical (unpaired) electrons. The third-order valence-corrected chi connectivity index (χ3v) is 2.48. The van der Waals surface area contributed by atoms with Gasteiger partial charge in [0, 0.05) is 6.20 Å². The predicted molar refractivity (Wildman–Crippen MR) is 45.6 cm³/mol. The summed E-state index contributed by atoms with van der Waals surface area (Å²) in [5.74, 6) is -0.401. The molecule has 5 heteroatoms. The van der Waals surface area contributed by atoms with Crippen LogP contribution in [0.2, 0.25) is 0 Å². The Bertz CT molecular complexity index is 283. The van der Waals surface area contributed by atoms with Gasteiger partial charge in [0.1, 0.15) is 5.01 Å². The molecule has 1 aromatic rings. The maximum absolute atomic E-state index is 10.5. The Morgan fingerprint density at radius 2 is 2.58 bits per heavy atom. The molecule has 0 spiro atoms. The van der Waals surface area contributed by atoms with Gasteiger partial charge in [-0.3, -0.25) is 4.79 Å². The van der Waals surface area contributed by atoms with E-state index in [1.807, 2.05) is 0 Å². The minimum Gasteiger partial charge on any atom is -0.388 e. The number of primary amides is 1. The summed E-state index contributed by atoms with van der Waals surface area (Å²) in [7, 11) is 0. The van der Waals surface area contributed by atoms with Gasteiger partial charge in [-0.1, -0.05) is 0 Å². The van der Waals surface area contributed by atoms with Gasteiger partial charge in [-0.05, 0) is 6.92 Å². The summed E-state index contributed by atoms with van der Waals surface area (Å²) in [6, 6.07) is 0. The maximum Gasteiger partial charge on any atom is 0.224 e. The predicted octanol–water partition coefficient (Wildman–Crippen LogP) is 0.224. The molecular weight excluding hydrogens is 176 g/mol. The first kappa shape index (κ1) is 9.15. The Morgan fingerprint density at radius 1 is 1.92 bits per heavy atom. The van der Waals surface area contributed by atoms with Crippen LogP contribution < -0.4 is 5.73 Å². The minimum atomic E-state index is -0.524. The van der Waals surface area contributed by atoms with Crippen molar-refractivity contribution in [2.75, 3.05) is 0 Å². The van der Waals surface area contributed by atoms with Crippen LogP contribution in [0.15, 0.2) is 6.20 Å². The fourth-order valence-corrected chi connectivity index (χ4v) is 1.62. The van der Waals surface area contributed by atoms with Crippen molar-refractivity contribution in [3.63, 3.8) is 0 Å². The van der Waals surface area contributed by atoms with Crippen molar-refractivity contribution in [2.24, 2.45) is 5.73 Å². The van der Waals surface area contributed by atoms with Gasteiger partial charge in [0.2, 0.25) is 5.91 Å². The number of amides is 1. The van der Waals surface area contributed by atoms with Gasteiger partial charge < -0.3 is 10.8 Å². The quantitative estimate of drug-likeness (QED) is 0.709. The Labute approximate surface area is 74.0 Å². The smallest absolute Gasteiger partial charge is 0.224 e. The number of aliphatic hydroxyl groups excluding tert-OH is 1. The van der Waals surface area contributed by atoms with Gasteiger partial charge in [-0.2, -0.15) is 0 Å². The van der Waals surface area contributed by atoms with Gasteiger partial charge in [0.25, 0.3) is 0 Å². The molecule has 0 aliphatic carbocycles. The number of rotatable bonds is 3. The van der Waals surface area contributed by atoms with Crippen molar-refractivity contribution >= 4 is 17.2 Å². The van der Waals surface area contributed by atoms with Crippen LogP contribution in [0.1, 0.15) is 22.9 Å². The van der Waals surface area contributed by atoms with Crippen LogP contribution in [0.3, 0.4) is 0 Å². The number of nitrogens with two attached hydrogens (primary N) is 1. The minimum absolute atomic E-state index is 0.150. The third kappa shape index (κ3) is 2.28. The second-order valence-electron chi connectivity index (χ2n) is 2.48. The molecule has 66 valence electrons. The lowest BCUT2D eigenvalue weighted by atomic mass is 10.4. The van der Waals surface area contributed by atoms with Gasteiger partial charge in [-0.25, -0.2) is 4.98 Å². The summed E-state index contributed by atoms with van der Waals surface area (Å²) < 4.78 is 0. The molecule has 0 aliphatic rings. The van der Waals surface area contributed by atoms with Gasteiger partial charge >= 0.3 is 0 Å². The van der Waals surface area contributed by atoms with Gasteiger partial charge in [0.15, 0.2) is 0 Å². The summed E-state index contributed by atoms with van der Waals surface area (Å²) in [6.45, 7) is 1.65. The zero-order chi connectivity index (χ0) is 9.14. The Kier molecular flexibility index (Phi) is 2.78. The molecule has 4 nitrogen and oxygen atoms in total. The Balaban J connectivity index is 2.70. The largest absolute Gasteiger partial charge is 0.388 e. The van der Waals surface area contributed by atoms with Crippen LogP contribution in [-0.2, 0) is 11.2 Å². The first-order valence-electron chi connectivity index (χ1n) is 3.50. The molecule has 0 bridgehead atoms. The Morgan fingerprint density at radius 3 is 3.00 bits per heavy atom. The molecule has 12 heavy (non-hydrogen) atoms. The highest BCUT2D eigenvalue weighted by molar-refractivity contribution is 7.11.